The lowest BCUT2D eigenvalue weighted by Crippen LogP contribution is -2.38. The molecule has 2 unspecified atom stereocenters. The maximum Gasteiger partial charge on any atom is 0.310 e. The van der Waals surface area contributed by atoms with E-state index in [-0.39, 0.29) is 17.9 Å². The summed E-state index contributed by atoms with van der Waals surface area (Å²) >= 11 is 0. The summed E-state index contributed by atoms with van der Waals surface area (Å²) < 4.78 is 4.77. The van der Waals surface area contributed by atoms with Crippen LogP contribution in [-0.2, 0) is 9.53 Å². The molecule has 0 bridgehead atoms. The van der Waals surface area contributed by atoms with Gasteiger partial charge in [-0.2, -0.15) is 0 Å². The van der Waals surface area contributed by atoms with E-state index in [2.05, 4.69) is 10.6 Å². The highest BCUT2D eigenvalue weighted by Gasteiger charge is 2.28. The summed E-state index contributed by atoms with van der Waals surface area (Å²) in [4.78, 5) is 11.4. The minimum atomic E-state index is -0.0944. The lowest BCUT2D eigenvalue weighted by molar-refractivity contribution is -0.146. The molecule has 2 atom stereocenters. The van der Waals surface area contributed by atoms with E-state index < -0.39 is 0 Å². The number of hydrogen-bond acceptors (Lipinski definition) is 4. The number of rotatable bonds is 2. The second-order valence-electron chi connectivity index (χ2n) is 3.35. The van der Waals surface area contributed by atoms with Gasteiger partial charge >= 0.3 is 5.97 Å². The highest BCUT2D eigenvalue weighted by molar-refractivity contribution is 5.73. The number of nitrogens with one attached hydrogen (secondary N) is 2. The van der Waals surface area contributed by atoms with Crippen LogP contribution in [0.15, 0.2) is 0 Å². The van der Waals surface area contributed by atoms with Crippen LogP contribution in [-0.4, -0.2) is 39.3 Å². The van der Waals surface area contributed by atoms with Crippen molar-refractivity contribution in [3.8, 4) is 0 Å². The van der Waals surface area contributed by atoms with E-state index >= 15 is 0 Å². The van der Waals surface area contributed by atoms with Crippen LogP contribution < -0.4 is 10.6 Å². The van der Waals surface area contributed by atoms with Crippen molar-refractivity contribution < 1.29 is 9.53 Å². The van der Waals surface area contributed by atoms with Crippen molar-refractivity contribution in [3.05, 3.63) is 0 Å². The van der Waals surface area contributed by atoms with Crippen molar-refractivity contribution >= 4 is 5.97 Å². The Morgan fingerprint density at radius 1 is 1.46 bits per heavy atom. The summed E-state index contributed by atoms with van der Waals surface area (Å²) in [5.41, 5.74) is 0. The fourth-order valence-corrected chi connectivity index (χ4v) is 1.82. The largest absolute Gasteiger partial charge is 0.469 e. The Morgan fingerprint density at radius 3 is 2.77 bits per heavy atom. The molecule has 0 saturated carbocycles. The second kappa shape index (κ2) is 5.19. The molecule has 1 fully saturated rings. The lowest BCUT2D eigenvalue weighted by Gasteiger charge is -2.21. The molecule has 76 valence electrons. The maximum absolute atomic E-state index is 11.4. The third-order valence-corrected chi connectivity index (χ3v) is 2.62. The fourth-order valence-electron chi connectivity index (χ4n) is 1.82. The number of esters is 1. The van der Waals surface area contributed by atoms with Gasteiger partial charge in [0.15, 0.2) is 0 Å². The zero-order chi connectivity index (χ0) is 9.68. The molecule has 0 amide bonds. The number of carbonyl (C=O) groups excluding carboxylic acids is 1. The second-order valence-corrected chi connectivity index (χ2v) is 3.35. The van der Waals surface area contributed by atoms with Gasteiger partial charge in [-0.1, -0.05) is 0 Å². The van der Waals surface area contributed by atoms with Crippen LogP contribution in [0.1, 0.15) is 12.8 Å². The van der Waals surface area contributed by atoms with Crippen LogP contribution in [0.3, 0.4) is 0 Å². The molecule has 0 spiro atoms. The molecule has 4 heteroatoms. The Labute approximate surface area is 79.0 Å². The van der Waals surface area contributed by atoms with Gasteiger partial charge in [0.2, 0.25) is 0 Å². The summed E-state index contributed by atoms with van der Waals surface area (Å²) in [6.07, 6.45) is 1.84. The SMILES string of the molecule is CNC1CCNCCC1C(=O)OC. The van der Waals surface area contributed by atoms with Gasteiger partial charge in [0.25, 0.3) is 0 Å². The van der Waals surface area contributed by atoms with Crippen molar-refractivity contribution in [2.45, 2.75) is 18.9 Å². The predicted molar refractivity (Wildman–Crippen MR) is 50.5 cm³/mol. The van der Waals surface area contributed by atoms with E-state index in [1.54, 1.807) is 0 Å². The Kier molecular flexibility index (Phi) is 4.18. The topological polar surface area (TPSA) is 50.4 Å². The average molecular weight is 186 g/mol. The number of methoxy groups -OCH3 is 1. The molecule has 1 heterocycles. The van der Waals surface area contributed by atoms with Crippen LogP contribution in [0.4, 0.5) is 0 Å². The summed E-state index contributed by atoms with van der Waals surface area (Å²) in [6.45, 7) is 1.87. The van der Waals surface area contributed by atoms with E-state index in [1.807, 2.05) is 7.05 Å². The van der Waals surface area contributed by atoms with E-state index in [0.717, 1.165) is 25.9 Å². The van der Waals surface area contributed by atoms with Crippen molar-refractivity contribution in [1.29, 1.82) is 0 Å². The van der Waals surface area contributed by atoms with Crippen LogP contribution in [0.2, 0.25) is 0 Å². The first-order valence-corrected chi connectivity index (χ1v) is 4.75. The Bertz CT molecular complexity index is 173. The first-order valence-electron chi connectivity index (χ1n) is 4.75. The number of ether oxygens (including phenoxy) is 1. The third kappa shape index (κ3) is 2.67. The quantitative estimate of drug-likeness (QED) is 0.584. The van der Waals surface area contributed by atoms with Crippen molar-refractivity contribution in [1.82, 2.24) is 10.6 Å². The number of carbonyl (C=O) groups is 1. The monoisotopic (exact) mass is 186 g/mol. The molecule has 2 N–H and O–H groups in total. The van der Waals surface area contributed by atoms with E-state index in [9.17, 15) is 4.79 Å². The fraction of sp³-hybridized carbons (Fsp3) is 0.889. The molecular formula is C9H18N2O2. The molecular weight excluding hydrogens is 168 g/mol. The molecule has 0 aromatic rings. The zero-order valence-corrected chi connectivity index (χ0v) is 8.30. The highest BCUT2D eigenvalue weighted by Crippen LogP contribution is 2.15. The molecule has 0 aromatic heterocycles. The highest BCUT2D eigenvalue weighted by atomic mass is 16.5. The Morgan fingerprint density at radius 2 is 2.15 bits per heavy atom. The van der Waals surface area contributed by atoms with Crippen molar-refractivity contribution in [2.24, 2.45) is 5.92 Å². The lowest BCUT2D eigenvalue weighted by atomic mass is 9.95. The first-order chi connectivity index (χ1) is 6.29. The Hall–Kier alpha value is -0.610. The van der Waals surface area contributed by atoms with Crippen molar-refractivity contribution in [2.75, 3.05) is 27.2 Å². The summed E-state index contributed by atoms with van der Waals surface area (Å²) in [5, 5.41) is 6.44. The minimum Gasteiger partial charge on any atom is -0.469 e. The molecule has 0 radical (unpaired) electrons. The summed E-state index contributed by atoms with van der Waals surface area (Å²) in [5.74, 6) is -0.0898. The van der Waals surface area contributed by atoms with Crippen LogP contribution in [0.5, 0.6) is 0 Å². The van der Waals surface area contributed by atoms with Gasteiger partial charge in [0.05, 0.1) is 13.0 Å². The normalized spacial score (nSPS) is 29.4. The van der Waals surface area contributed by atoms with Crippen LogP contribution in [0.25, 0.3) is 0 Å². The van der Waals surface area contributed by atoms with Crippen molar-refractivity contribution in [3.63, 3.8) is 0 Å². The van der Waals surface area contributed by atoms with Gasteiger partial charge in [-0.25, -0.2) is 0 Å². The van der Waals surface area contributed by atoms with Crippen LogP contribution in [0, 0.1) is 5.92 Å². The molecule has 1 aliphatic rings. The summed E-state index contributed by atoms with van der Waals surface area (Å²) in [7, 11) is 3.35. The number of hydrogen-bond donors (Lipinski definition) is 2. The molecule has 1 aliphatic heterocycles. The molecule has 13 heavy (non-hydrogen) atoms. The third-order valence-electron chi connectivity index (χ3n) is 2.62. The predicted octanol–water partition coefficient (Wildman–Crippen LogP) is -0.253. The smallest absolute Gasteiger partial charge is 0.310 e. The van der Waals surface area contributed by atoms with E-state index in [1.165, 1.54) is 7.11 Å². The van der Waals surface area contributed by atoms with Gasteiger partial charge in [-0.05, 0) is 33.0 Å². The van der Waals surface area contributed by atoms with E-state index in [0.29, 0.717) is 0 Å². The minimum absolute atomic E-state index is 0.00463. The molecule has 1 rings (SSSR count). The van der Waals surface area contributed by atoms with Gasteiger partial charge in [-0.3, -0.25) is 4.79 Å². The van der Waals surface area contributed by atoms with Gasteiger partial charge in [0.1, 0.15) is 0 Å². The van der Waals surface area contributed by atoms with Gasteiger partial charge in [0, 0.05) is 6.04 Å². The summed E-state index contributed by atoms with van der Waals surface area (Å²) in [6, 6.07) is 0.252. The first kappa shape index (κ1) is 10.5. The molecule has 1 saturated heterocycles. The zero-order valence-electron chi connectivity index (χ0n) is 8.30. The standard InChI is InChI=1S/C9H18N2O2/c1-10-8-4-6-11-5-3-7(8)9(12)13-2/h7-8,10-11H,3-6H2,1-2H3. The Balaban J connectivity index is 2.58. The van der Waals surface area contributed by atoms with E-state index in [4.69, 9.17) is 4.74 Å². The van der Waals surface area contributed by atoms with Gasteiger partial charge < -0.3 is 15.4 Å². The molecule has 0 aliphatic carbocycles. The maximum atomic E-state index is 11.4. The van der Waals surface area contributed by atoms with Gasteiger partial charge in [-0.15, -0.1) is 0 Å². The average Bonchev–Trinajstić information content (AvgIpc) is 2.41. The molecule has 4 nitrogen and oxygen atoms in total. The van der Waals surface area contributed by atoms with Crippen LogP contribution >= 0.6 is 0 Å². The molecule has 0 aromatic carbocycles.